The SMILES string of the molecule is COc1cc(/C=C2/[C@H](O)C3CC[NH+]2CC3)ccc1OCc1ccccc1. The van der Waals surface area contributed by atoms with E-state index in [2.05, 4.69) is 6.08 Å². The molecule has 0 spiro atoms. The molecule has 2 aromatic carbocycles. The molecule has 2 bridgehead atoms. The standard InChI is InChI=1S/C22H25NO3/c1-25-21-14-17(13-19-22(24)18-9-11-23(19)12-10-18)7-8-20(21)26-15-16-5-3-2-4-6-16/h2-8,13-14,18,22,24H,9-12,15H2,1H3/p+1/b19-13-/t22-/m1/s1. The topological polar surface area (TPSA) is 43.1 Å². The Balaban J connectivity index is 1.53. The van der Waals surface area contributed by atoms with Crippen molar-refractivity contribution in [3.63, 3.8) is 0 Å². The number of aliphatic hydroxyl groups excluding tert-OH is 1. The molecular weight excluding hydrogens is 326 g/mol. The number of ether oxygens (including phenoxy) is 2. The fraction of sp³-hybridized carbons (Fsp3) is 0.364. The van der Waals surface area contributed by atoms with Crippen LogP contribution in [-0.2, 0) is 6.61 Å². The lowest BCUT2D eigenvalue weighted by Crippen LogP contribution is -3.14. The lowest BCUT2D eigenvalue weighted by Gasteiger charge is -2.41. The van der Waals surface area contributed by atoms with E-state index in [0.717, 1.165) is 54.3 Å². The third-order valence-electron chi connectivity index (χ3n) is 5.55. The molecule has 3 heterocycles. The van der Waals surface area contributed by atoms with Gasteiger partial charge in [-0.25, -0.2) is 0 Å². The summed E-state index contributed by atoms with van der Waals surface area (Å²) in [6.07, 6.45) is 4.06. The Bertz CT molecular complexity index is 775. The molecule has 3 aliphatic heterocycles. The van der Waals surface area contributed by atoms with Crippen molar-refractivity contribution >= 4 is 6.08 Å². The van der Waals surface area contributed by atoms with Crippen LogP contribution < -0.4 is 14.4 Å². The molecule has 4 nitrogen and oxygen atoms in total. The number of piperidine rings is 3. The molecule has 3 saturated heterocycles. The van der Waals surface area contributed by atoms with E-state index < -0.39 is 0 Å². The summed E-state index contributed by atoms with van der Waals surface area (Å²) in [5.41, 5.74) is 3.29. The highest BCUT2D eigenvalue weighted by Gasteiger charge is 2.41. The third-order valence-corrected chi connectivity index (χ3v) is 5.55. The summed E-state index contributed by atoms with van der Waals surface area (Å²) < 4.78 is 11.5. The van der Waals surface area contributed by atoms with Crippen LogP contribution in [0.15, 0.2) is 54.2 Å². The minimum absolute atomic E-state index is 0.312. The molecular formula is C22H26NO3+. The van der Waals surface area contributed by atoms with Gasteiger partial charge >= 0.3 is 0 Å². The fourth-order valence-corrected chi connectivity index (χ4v) is 4.05. The summed E-state index contributed by atoms with van der Waals surface area (Å²) in [5.74, 6) is 1.88. The lowest BCUT2D eigenvalue weighted by atomic mass is 9.83. The predicted molar refractivity (Wildman–Crippen MR) is 101 cm³/mol. The van der Waals surface area contributed by atoms with Crippen LogP contribution in [0, 0.1) is 5.92 Å². The van der Waals surface area contributed by atoms with Gasteiger partial charge in [-0.05, 0) is 23.3 Å². The second-order valence-electron chi connectivity index (χ2n) is 7.17. The molecule has 0 aliphatic carbocycles. The van der Waals surface area contributed by atoms with Crippen molar-refractivity contribution in [2.24, 2.45) is 5.92 Å². The third kappa shape index (κ3) is 3.48. The lowest BCUT2D eigenvalue weighted by molar-refractivity contribution is -0.880. The van der Waals surface area contributed by atoms with Crippen LogP contribution in [-0.4, -0.2) is 31.4 Å². The van der Waals surface area contributed by atoms with Crippen molar-refractivity contribution in [3.8, 4) is 11.5 Å². The largest absolute Gasteiger partial charge is 0.493 e. The van der Waals surface area contributed by atoms with Crippen LogP contribution in [0.2, 0.25) is 0 Å². The van der Waals surface area contributed by atoms with E-state index in [1.165, 1.54) is 4.90 Å². The van der Waals surface area contributed by atoms with Gasteiger partial charge < -0.3 is 19.5 Å². The number of hydrogen-bond donors (Lipinski definition) is 2. The van der Waals surface area contributed by atoms with Gasteiger partial charge in [0.1, 0.15) is 18.4 Å². The van der Waals surface area contributed by atoms with Gasteiger partial charge in [0.2, 0.25) is 0 Å². The first-order valence-corrected chi connectivity index (χ1v) is 9.34. The second-order valence-corrected chi connectivity index (χ2v) is 7.17. The van der Waals surface area contributed by atoms with E-state index >= 15 is 0 Å². The Morgan fingerprint density at radius 2 is 1.85 bits per heavy atom. The molecule has 4 heteroatoms. The van der Waals surface area contributed by atoms with Gasteiger partial charge in [-0.3, -0.25) is 0 Å². The summed E-state index contributed by atoms with van der Waals surface area (Å²) in [7, 11) is 1.66. The van der Waals surface area contributed by atoms with Gasteiger partial charge in [0.05, 0.1) is 20.2 Å². The summed E-state index contributed by atoms with van der Waals surface area (Å²) in [6, 6.07) is 16.1. The maximum absolute atomic E-state index is 10.6. The van der Waals surface area contributed by atoms with Crippen LogP contribution in [0.5, 0.6) is 11.5 Å². The van der Waals surface area contributed by atoms with Crippen LogP contribution >= 0.6 is 0 Å². The van der Waals surface area contributed by atoms with E-state index in [1.807, 2.05) is 48.5 Å². The molecule has 0 aromatic heterocycles. The number of aliphatic hydroxyl groups is 1. The molecule has 2 aromatic rings. The summed E-state index contributed by atoms with van der Waals surface area (Å²) in [4.78, 5) is 1.42. The quantitative estimate of drug-likeness (QED) is 0.868. The molecule has 5 rings (SSSR count). The van der Waals surface area contributed by atoms with Crippen molar-refractivity contribution in [3.05, 3.63) is 65.4 Å². The minimum Gasteiger partial charge on any atom is -0.493 e. The molecule has 0 unspecified atom stereocenters. The van der Waals surface area contributed by atoms with Crippen LogP contribution in [0.3, 0.4) is 0 Å². The van der Waals surface area contributed by atoms with Crippen LogP contribution in [0.25, 0.3) is 6.08 Å². The Labute approximate surface area is 154 Å². The zero-order valence-corrected chi connectivity index (χ0v) is 15.2. The number of nitrogens with one attached hydrogen (secondary N) is 1. The molecule has 0 saturated carbocycles. The highest BCUT2D eigenvalue weighted by atomic mass is 16.5. The zero-order valence-electron chi connectivity index (χ0n) is 15.2. The average Bonchev–Trinajstić information content (AvgIpc) is 2.70. The highest BCUT2D eigenvalue weighted by molar-refractivity contribution is 5.57. The van der Waals surface area contributed by atoms with E-state index in [-0.39, 0.29) is 6.10 Å². The Kier molecular flexibility index (Phi) is 4.96. The maximum Gasteiger partial charge on any atom is 0.161 e. The summed E-state index contributed by atoms with van der Waals surface area (Å²) in [6.45, 7) is 2.77. The van der Waals surface area contributed by atoms with Crippen LogP contribution in [0.4, 0.5) is 0 Å². The second kappa shape index (κ2) is 7.52. The normalized spacial score (nSPS) is 26.1. The highest BCUT2D eigenvalue weighted by Crippen LogP contribution is 2.31. The summed E-state index contributed by atoms with van der Waals surface area (Å²) in [5, 5.41) is 10.6. The first kappa shape index (κ1) is 17.1. The monoisotopic (exact) mass is 352 g/mol. The summed E-state index contributed by atoms with van der Waals surface area (Å²) >= 11 is 0. The first-order valence-electron chi connectivity index (χ1n) is 9.34. The van der Waals surface area contributed by atoms with Gasteiger partial charge in [0.25, 0.3) is 0 Å². The van der Waals surface area contributed by atoms with Gasteiger partial charge in [-0.1, -0.05) is 36.4 Å². The minimum atomic E-state index is -0.312. The Hall–Kier alpha value is -2.30. The molecule has 26 heavy (non-hydrogen) atoms. The number of hydrogen-bond acceptors (Lipinski definition) is 3. The fourth-order valence-electron chi connectivity index (χ4n) is 4.05. The molecule has 3 aliphatic rings. The smallest absolute Gasteiger partial charge is 0.161 e. The van der Waals surface area contributed by atoms with E-state index in [9.17, 15) is 5.11 Å². The van der Waals surface area contributed by atoms with Gasteiger partial charge in [0, 0.05) is 24.8 Å². The molecule has 3 fully saturated rings. The van der Waals surface area contributed by atoms with Crippen molar-refractivity contribution in [1.82, 2.24) is 0 Å². The van der Waals surface area contributed by atoms with Gasteiger partial charge in [-0.2, -0.15) is 0 Å². The number of quaternary nitrogens is 1. The molecule has 136 valence electrons. The zero-order chi connectivity index (χ0) is 17.9. The molecule has 2 N–H and O–H groups in total. The Morgan fingerprint density at radius 3 is 2.54 bits per heavy atom. The molecule has 0 radical (unpaired) electrons. The van der Waals surface area contributed by atoms with E-state index in [0.29, 0.717) is 12.5 Å². The van der Waals surface area contributed by atoms with Crippen molar-refractivity contribution < 1.29 is 19.5 Å². The van der Waals surface area contributed by atoms with Crippen molar-refractivity contribution in [2.45, 2.75) is 25.6 Å². The van der Waals surface area contributed by atoms with Crippen molar-refractivity contribution in [2.75, 3.05) is 20.2 Å². The first-order chi connectivity index (χ1) is 12.7. The number of fused-ring (bicyclic) bond motifs is 3. The molecule has 1 atom stereocenters. The van der Waals surface area contributed by atoms with E-state index in [1.54, 1.807) is 7.11 Å². The van der Waals surface area contributed by atoms with Crippen molar-refractivity contribution in [1.29, 1.82) is 0 Å². The predicted octanol–water partition coefficient (Wildman–Crippen LogP) is 2.28. The number of rotatable bonds is 5. The molecule has 0 amide bonds. The number of benzene rings is 2. The van der Waals surface area contributed by atoms with E-state index in [4.69, 9.17) is 9.47 Å². The number of methoxy groups -OCH3 is 1. The average molecular weight is 352 g/mol. The van der Waals surface area contributed by atoms with Gasteiger partial charge in [-0.15, -0.1) is 0 Å². The Morgan fingerprint density at radius 1 is 1.08 bits per heavy atom. The maximum atomic E-state index is 10.6. The van der Waals surface area contributed by atoms with Gasteiger partial charge in [0.15, 0.2) is 11.5 Å². The van der Waals surface area contributed by atoms with Crippen LogP contribution in [0.1, 0.15) is 24.0 Å².